The minimum absolute atomic E-state index is 0.0102. The van der Waals surface area contributed by atoms with Gasteiger partial charge in [0.1, 0.15) is 0 Å². The molecule has 0 fully saturated rings. The van der Waals surface area contributed by atoms with E-state index in [-0.39, 0.29) is 16.2 Å². The molecule has 9 heteroatoms. The standard InChI is InChI=1S/C9H17BrN4O3S/c1-3-4-6-17-7-5-11-18(15,16)9-8(10)12-13-14(9)2/h11H,3-7H2,1-2H3. The zero-order valence-electron chi connectivity index (χ0n) is 10.4. The molecule has 7 nitrogen and oxygen atoms in total. The Balaban J connectivity index is 2.46. The van der Waals surface area contributed by atoms with Crippen molar-refractivity contribution in [3.63, 3.8) is 0 Å². The lowest BCUT2D eigenvalue weighted by Gasteiger charge is -2.07. The maximum absolute atomic E-state index is 11.9. The first kappa shape index (κ1) is 15.5. The molecule has 0 aliphatic heterocycles. The average molecular weight is 341 g/mol. The number of ether oxygens (including phenoxy) is 1. The van der Waals surface area contributed by atoms with E-state index in [1.807, 2.05) is 0 Å². The summed E-state index contributed by atoms with van der Waals surface area (Å²) in [6.45, 7) is 3.29. The maximum Gasteiger partial charge on any atom is 0.260 e. The van der Waals surface area contributed by atoms with Crippen LogP contribution in [0.2, 0.25) is 0 Å². The Hall–Kier alpha value is -0.510. The Bertz CT molecular complexity index is 455. The van der Waals surface area contributed by atoms with E-state index in [0.29, 0.717) is 13.2 Å². The molecule has 0 saturated heterocycles. The van der Waals surface area contributed by atoms with Crippen molar-refractivity contribution in [2.24, 2.45) is 7.05 Å². The van der Waals surface area contributed by atoms with Crippen LogP contribution >= 0.6 is 15.9 Å². The molecule has 0 aliphatic carbocycles. The highest BCUT2D eigenvalue weighted by atomic mass is 79.9. The van der Waals surface area contributed by atoms with Crippen LogP contribution in [0.25, 0.3) is 0 Å². The van der Waals surface area contributed by atoms with Gasteiger partial charge in [-0.05, 0) is 22.4 Å². The highest BCUT2D eigenvalue weighted by molar-refractivity contribution is 9.10. The third kappa shape index (κ3) is 4.30. The number of unbranched alkanes of at least 4 members (excludes halogenated alkanes) is 1. The van der Waals surface area contributed by atoms with Crippen LogP contribution in [0.3, 0.4) is 0 Å². The summed E-state index contributed by atoms with van der Waals surface area (Å²) in [5, 5.41) is 7.26. The van der Waals surface area contributed by atoms with Crippen LogP contribution in [0.5, 0.6) is 0 Å². The second-order valence-corrected chi connectivity index (χ2v) is 6.11. The third-order valence-electron chi connectivity index (χ3n) is 2.17. The van der Waals surface area contributed by atoms with Crippen LogP contribution < -0.4 is 4.72 Å². The molecule has 0 amide bonds. The average Bonchev–Trinajstić information content (AvgIpc) is 2.64. The maximum atomic E-state index is 11.9. The van der Waals surface area contributed by atoms with Gasteiger partial charge in [0, 0.05) is 20.2 Å². The molecule has 1 rings (SSSR count). The fraction of sp³-hybridized carbons (Fsp3) is 0.778. The Morgan fingerprint density at radius 3 is 2.72 bits per heavy atom. The molecule has 0 atom stereocenters. The monoisotopic (exact) mass is 340 g/mol. The van der Waals surface area contributed by atoms with Crippen LogP contribution in [0.4, 0.5) is 0 Å². The van der Waals surface area contributed by atoms with Crippen molar-refractivity contribution in [3.8, 4) is 0 Å². The van der Waals surface area contributed by atoms with Gasteiger partial charge in [0.15, 0.2) is 4.60 Å². The van der Waals surface area contributed by atoms with Crippen molar-refractivity contribution in [3.05, 3.63) is 4.60 Å². The third-order valence-corrected chi connectivity index (χ3v) is 4.52. The number of hydrogen-bond donors (Lipinski definition) is 1. The highest BCUT2D eigenvalue weighted by Gasteiger charge is 2.23. The lowest BCUT2D eigenvalue weighted by molar-refractivity contribution is 0.136. The predicted octanol–water partition coefficient (Wildman–Crippen LogP) is 0.673. The molecule has 0 aliphatic rings. The van der Waals surface area contributed by atoms with Crippen molar-refractivity contribution in [1.29, 1.82) is 0 Å². The molecule has 1 heterocycles. The number of nitrogens with one attached hydrogen (secondary N) is 1. The van der Waals surface area contributed by atoms with Gasteiger partial charge < -0.3 is 4.74 Å². The zero-order valence-corrected chi connectivity index (χ0v) is 12.8. The molecular formula is C9H17BrN4O3S. The summed E-state index contributed by atoms with van der Waals surface area (Å²) < 4.78 is 33.0. The van der Waals surface area contributed by atoms with Crippen LogP contribution in [0.15, 0.2) is 9.63 Å². The predicted molar refractivity (Wildman–Crippen MR) is 69.6 cm³/mol. The van der Waals surface area contributed by atoms with E-state index in [1.54, 1.807) is 0 Å². The van der Waals surface area contributed by atoms with Crippen molar-refractivity contribution in [2.45, 2.75) is 24.8 Å². The van der Waals surface area contributed by atoms with Gasteiger partial charge in [-0.1, -0.05) is 18.6 Å². The van der Waals surface area contributed by atoms with Crippen molar-refractivity contribution < 1.29 is 13.2 Å². The number of sulfonamides is 1. The largest absolute Gasteiger partial charge is 0.380 e. The fourth-order valence-electron chi connectivity index (χ4n) is 1.27. The molecule has 1 aromatic heterocycles. The quantitative estimate of drug-likeness (QED) is 0.703. The van der Waals surface area contributed by atoms with E-state index in [0.717, 1.165) is 12.8 Å². The summed E-state index contributed by atoms with van der Waals surface area (Å²) in [7, 11) is -2.09. The molecule has 0 spiro atoms. The Labute approximate surface area is 115 Å². The van der Waals surface area contributed by atoms with Crippen LogP contribution in [-0.2, 0) is 21.8 Å². The van der Waals surface area contributed by atoms with Gasteiger partial charge in [0.2, 0.25) is 5.03 Å². The number of halogens is 1. The van der Waals surface area contributed by atoms with Gasteiger partial charge >= 0.3 is 0 Å². The van der Waals surface area contributed by atoms with Gasteiger partial charge in [-0.25, -0.2) is 17.8 Å². The summed E-state index contributed by atoms with van der Waals surface area (Å²) in [6.07, 6.45) is 2.03. The molecule has 0 bridgehead atoms. The fourth-order valence-corrected chi connectivity index (χ4v) is 3.38. The number of nitrogens with zero attached hydrogens (tertiary/aromatic N) is 3. The van der Waals surface area contributed by atoms with E-state index in [4.69, 9.17) is 4.74 Å². The zero-order chi connectivity index (χ0) is 13.6. The van der Waals surface area contributed by atoms with Gasteiger partial charge in [-0.2, -0.15) is 0 Å². The molecule has 0 unspecified atom stereocenters. The van der Waals surface area contributed by atoms with Crippen molar-refractivity contribution in [2.75, 3.05) is 19.8 Å². The second-order valence-electron chi connectivity index (χ2n) is 3.67. The highest BCUT2D eigenvalue weighted by Crippen LogP contribution is 2.17. The number of aryl methyl sites for hydroxylation is 1. The molecule has 0 radical (unpaired) electrons. The van der Waals surface area contributed by atoms with Gasteiger partial charge in [-0.3, -0.25) is 0 Å². The van der Waals surface area contributed by atoms with E-state index < -0.39 is 10.0 Å². The molecule has 0 aromatic carbocycles. The van der Waals surface area contributed by atoms with E-state index in [2.05, 4.69) is 37.9 Å². The lowest BCUT2D eigenvalue weighted by Crippen LogP contribution is -2.29. The first-order valence-corrected chi connectivity index (χ1v) is 7.89. The molecule has 0 saturated carbocycles. The minimum Gasteiger partial charge on any atom is -0.380 e. The Morgan fingerprint density at radius 2 is 2.17 bits per heavy atom. The normalized spacial score (nSPS) is 11.9. The lowest BCUT2D eigenvalue weighted by atomic mass is 10.4. The molecular weight excluding hydrogens is 324 g/mol. The Kier molecular flexibility index (Phi) is 6.19. The van der Waals surface area contributed by atoms with Gasteiger partial charge in [0.25, 0.3) is 10.0 Å². The Morgan fingerprint density at radius 1 is 1.44 bits per heavy atom. The number of rotatable bonds is 8. The molecule has 18 heavy (non-hydrogen) atoms. The number of hydrogen-bond acceptors (Lipinski definition) is 5. The summed E-state index contributed by atoms with van der Waals surface area (Å²) in [5.41, 5.74) is 0. The van der Waals surface area contributed by atoms with E-state index in [9.17, 15) is 8.42 Å². The first-order valence-electron chi connectivity index (χ1n) is 5.61. The minimum atomic E-state index is -3.61. The SMILES string of the molecule is CCCCOCCNS(=O)(=O)c1c(Br)nnn1C. The van der Waals surface area contributed by atoms with Crippen molar-refractivity contribution >= 4 is 26.0 Å². The van der Waals surface area contributed by atoms with Gasteiger partial charge in [-0.15, -0.1) is 5.10 Å². The summed E-state index contributed by atoms with van der Waals surface area (Å²) in [6, 6.07) is 0. The topological polar surface area (TPSA) is 86.1 Å². The van der Waals surface area contributed by atoms with E-state index in [1.165, 1.54) is 11.7 Å². The smallest absolute Gasteiger partial charge is 0.260 e. The van der Waals surface area contributed by atoms with Crippen molar-refractivity contribution in [1.82, 2.24) is 19.7 Å². The molecule has 104 valence electrons. The van der Waals surface area contributed by atoms with Crippen LogP contribution in [0, 0.1) is 0 Å². The van der Waals surface area contributed by atoms with Gasteiger partial charge in [0.05, 0.1) is 6.61 Å². The number of aromatic nitrogens is 3. The summed E-state index contributed by atoms with van der Waals surface area (Å²) in [4.78, 5) is 0. The first-order chi connectivity index (χ1) is 8.49. The van der Waals surface area contributed by atoms with Crippen LogP contribution in [-0.4, -0.2) is 43.2 Å². The second kappa shape index (κ2) is 7.17. The summed E-state index contributed by atoms with van der Waals surface area (Å²) >= 11 is 3.05. The summed E-state index contributed by atoms with van der Waals surface area (Å²) in [5.74, 6) is 0. The van der Waals surface area contributed by atoms with E-state index >= 15 is 0 Å². The molecule has 1 aromatic rings. The van der Waals surface area contributed by atoms with Crippen LogP contribution in [0.1, 0.15) is 19.8 Å². The molecule has 1 N–H and O–H groups in total.